The summed E-state index contributed by atoms with van der Waals surface area (Å²) >= 11 is 2.68. The number of hydrogen-bond donors (Lipinski definition) is 3. The molecule has 3 N–H and O–H groups in total. The monoisotopic (exact) mass is 407 g/mol. The summed E-state index contributed by atoms with van der Waals surface area (Å²) in [6.07, 6.45) is 0.859. The van der Waals surface area contributed by atoms with Gasteiger partial charge in [0, 0.05) is 12.2 Å². The van der Waals surface area contributed by atoms with Crippen LogP contribution >= 0.6 is 23.1 Å². The molecule has 2 rings (SSSR count). The summed E-state index contributed by atoms with van der Waals surface area (Å²) in [5.41, 5.74) is 3.39. The molecule has 27 heavy (non-hydrogen) atoms. The highest BCUT2D eigenvalue weighted by Gasteiger charge is 2.15. The molecule has 0 spiro atoms. The number of aromatic nitrogens is 2. The van der Waals surface area contributed by atoms with Gasteiger partial charge >= 0.3 is 0 Å². The number of amides is 2. The Morgan fingerprint density at radius 3 is 2.70 bits per heavy atom. The zero-order valence-corrected chi connectivity index (χ0v) is 17.6. The topological polar surface area (TPSA) is 96.0 Å². The summed E-state index contributed by atoms with van der Waals surface area (Å²) in [6, 6.07) is 5.55. The second-order valence-electron chi connectivity index (χ2n) is 6.17. The molecule has 0 saturated heterocycles. The highest BCUT2D eigenvalue weighted by Crippen LogP contribution is 2.28. The molecule has 0 aliphatic carbocycles. The Hall–Kier alpha value is -2.13. The summed E-state index contributed by atoms with van der Waals surface area (Å²) in [4.78, 5) is 23.8. The third-order valence-electron chi connectivity index (χ3n) is 3.81. The third-order valence-corrected chi connectivity index (χ3v) is 5.78. The van der Waals surface area contributed by atoms with Crippen molar-refractivity contribution in [2.75, 3.05) is 17.6 Å². The first kappa shape index (κ1) is 21.2. The quantitative estimate of drug-likeness (QED) is 0.553. The van der Waals surface area contributed by atoms with E-state index in [1.54, 1.807) is 6.92 Å². The minimum Gasteiger partial charge on any atom is -0.354 e. The number of carbonyl (C=O) groups excluding carboxylic acids is 2. The zero-order valence-electron chi connectivity index (χ0n) is 16.0. The van der Waals surface area contributed by atoms with Crippen LogP contribution in [0.2, 0.25) is 0 Å². The number of rotatable bonds is 9. The molecule has 9 heteroatoms. The molecular formula is C18H25N5O2S2. The Kier molecular flexibility index (Phi) is 8.05. The molecule has 0 aliphatic heterocycles. The van der Waals surface area contributed by atoms with E-state index in [9.17, 15) is 9.59 Å². The van der Waals surface area contributed by atoms with Crippen LogP contribution in [0.4, 0.5) is 10.8 Å². The summed E-state index contributed by atoms with van der Waals surface area (Å²) in [5, 5.41) is 17.5. The molecule has 1 aromatic heterocycles. The molecule has 0 radical (unpaired) electrons. The molecule has 0 saturated carbocycles. The van der Waals surface area contributed by atoms with Crippen molar-refractivity contribution >= 4 is 45.7 Å². The third kappa shape index (κ3) is 6.84. The SMILES string of the molecule is CCCNC(=O)[C@@H](C)NC(=O)CSc1nnc(Nc2ccc(C)c(C)c2)s1. The molecule has 0 bridgehead atoms. The standard InChI is InChI=1S/C18H25N5O2S2/c1-5-8-19-16(25)13(4)20-15(24)10-26-18-23-22-17(27-18)21-14-7-6-11(2)12(3)9-14/h6-7,9,13H,5,8,10H2,1-4H3,(H,19,25)(H,20,24)(H,21,22)/t13-/m1/s1. The van der Waals surface area contributed by atoms with Gasteiger partial charge in [0.25, 0.3) is 0 Å². The van der Waals surface area contributed by atoms with Gasteiger partial charge in [0.15, 0.2) is 4.34 Å². The van der Waals surface area contributed by atoms with Gasteiger partial charge in [-0.2, -0.15) is 0 Å². The van der Waals surface area contributed by atoms with E-state index in [0.29, 0.717) is 16.0 Å². The van der Waals surface area contributed by atoms with Crippen molar-refractivity contribution in [2.24, 2.45) is 0 Å². The molecular weight excluding hydrogens is 382 g/mol. The average Bonchev–Trinajstić information content (AvgIpc) is 3.08. The lowest BCUT2D eigenvalue weighted by molar-refractivity contribution is -0.127. The highest BCUT2D eigenvalue weighted by molar-refractivity contribution is 8.01. The van der Waals surface area contributed by atoms with Crippen LogP contribution in [0.25, 0.3) is 0 Å². The smallest absolute Gasteiger partial charge is 0.242 e. The van der Waals surface area contributed by atoms with E-state index in [0.717, 1.165) is 12.1 Å². The van der Waals surface area contributed by atoms with Gasteiger partial charge in [-0.15, -0.1) is 10.2 Å². The van der Waals surface area contributed by atoms with Gasteiger partial charge in [-0.3, -0.25) is 9.59 Å². The zero-order chi connectivity index (χ0) is 19.8. The molecule has 1 atom stereocenters. The fraction of sp³-hybridized carbons (Fsp3) is 0.444. The van der Waals surface area contributed by atoms with Crippen LogP contribution in [-0.4, -0.2) is 40.4 Å². The largest absolute Gasteiger partial charge is 0.354 e. The Morgan fingerprint density at radius 2 is 2.00 bits per heavy atom. The first-order valence-corrected chi connectivity index (χ1v) is 10.6. The van der Waals surface area contributed by atoms with Crippen LogP contribution in [0.3, 0.4) is 0 Å². The molecule has 2 aromatic rings. The maximum absolute atomic E-state index is 12.0. The van der Waals surface area contributed by atoms with Crippen molar-refractivity contribution in [3.8, 4) is 0 Å². The van der Waals surface area contributed by atoms with Crippen molar-refractivity contribution in [3.63, 3.8) is 0 Å². The van der Waals surface area contributed by atoms with E-state index >= 15 is 0 Å². The molecule has 0 aliphatic rings. The second kappa shape index (κ2) is 10.3. The molecule has 0 fully saturated rings. The van der Waals surface area contributed by atoms with Crippen LogP contribution in [0, 0.1) is 13.8 Å². The molecule has 0 unspecified atom stereocenters. The number of anilines is 2. The summed E-state index contributed by atoms with van der Waals surface area (Å²) < 4.78 is 0.694. The first-order chi connectivity index (χ1) is 12.9. The fourth-order valence-corrected chi connectivity index (χ4v) is 3.72. The Bertz CT molecular complexity index is 794. The van der Waals surface area contributed by atoms with E-state index < -0.39 is 6.04 Å². The van der Waals surface area contributed by atoms with E-state index in [-0.39, 0.29) is 17.6 Å². The van der Waals surface area contributed by atoms with Gasteiger partial charge in [0.2, 0.25) is 16.9 Å². The number of carbonyl (C=O) groups is 2. The van der Waals surface area contributed by atoms with Crippen molar-refractivity contribution in [1.29, 1.82) is 0 Å². The lowest BCUT2D eigenvalue weighted by Crippen LogP contribution is -2.45. The van der Waals surface area contributed by atoms with E-state index in [1.165, 1.54) is 34.2 Å². The molecule has 1 aromatic carbocycles. The van der Waals surface area contributed by atoms with Crippen LogP contribution < -0.4 is 16.0 Å². The van der Waals surface area contributed by atoms with Crippen molar-refractivity contribution in [2.45, 2.75) is 44.5 Å². The highest BCUT2D eigenvalue weighted by atomic mass is 32.2. The van der Waals surface area contributed by atoms with Crippen molar-refractivity contribution < 1.29 is 9.59 Å². The number of thioether (sulfide) groups is 1. The van der Waals surface area contributed by atoms with Gasteiger partial charge in [-0.1, -0.05) is 36.1 Å². The molecule has 7 nitrogen and oxygen atoms in total. The van der Waals surface area contributed by atoms with Crippen LogP contribution in [0.15, 0.2) is 22.5 Å². The fourth-order valence-electron chi connectivity index (χ4n) is 2.14. The normalized spacial score (nSPS) is 11.7. The number of benzene rings is 1. The maximum atomic E-state index is 12.0. The first-order valence-electron chi connectivity index (χ1n) is 8.76. The summed E-state index contributed by atoms with van der Waals surface area (Å²) in [6.45, 7) is 8.38. The second-order valence-corrected chi connectivity index (χ2v) is 8.37. The van der Waals surface area contributed by atoms with Gasteiger partial charge in [-0.05, 0) is 50.5 Å². The number of nitrogens with zero attached hydrogens (tertiary/aromatic N) is 2. The maximum Gasteiger partial charge on any atom is 0.242 e. The molecule has 2 amide bonds. The number of hydrogen-bond acceptors (Lipinski definition) is 7. The Labute approximate surface area is 167 Å². The number of aryl methyl sites for hydroxylation is 2. The van der Waals surface area contributed by atoms with Gasteiger partial charge in [0.1, 0.15) is 6.04 Å². The lowest BCUT2D eigenvalue weighted by atomic mass is 10.1. The Morgan fingerprint density at radius 1 is 1.22 bits per heavy atom. The average molecular weight is 408 g/mol. The van der Waals surface area contributed by atoms with E-state index in [2.05, 4.69) is 52.1 Å². The molecule has 1 heterocycles. The number of nitrogens with one attached hydrogen (secondary N) is 3. The van der Waals surface area contributed by atoms with Crippen molar-refractivity contribution in [3.05, 3.63) is 29.3 Å². The van der Waals surface area contributed by atoms with Gasteiger partial charge < -0.3 is 16.0 Å². The Balaban J connectivity index is 1.80. The predicted octanol–water partition coefficient (Wildman–Crippen LogP) is 3.02. The molecule has 146 valence electrons. The minimum atomic E-state index is -0.555. The predicted molar refractivity (Wildman–Crippen MR) is 111 cm³/mol. The van der Waals surface area contributed by atoms with Crippen molar-refractivity contribution in [1.82, 2.24) is 20.8 Å². The van der Waals surface area contributed by atoms with Gasteiger partial charge in [-0.25, -0.2) is 0 Å². The van der Waals surface area contributed by atoms with Gasteiger partial charge in [0.05, 0.1) is 5.75 Å². The summed E-state index contributed by atoms with van der Waals surface area (Å²) in [5.74, 6) is -0.201. The minimum absolute atomic E-state index is 0.175. The van der Waals surface area contributed by atoms with Crippen LogP contribution in [0.5, 0.6) is 0 Å². The van der Waals surface area contributed by atoms with Crippen LogP contribution in [-0.2, 0) is 9.59 Å². The lowest BCUT2D eigenvalue weighted by Gasteiger charge is -2.13. The van der Waals surface area contributed by atoms with Crippen LogP contribution in [0.1, 0.15) is 31.4 Å². The van der Waals surface area contributed by atoms with E-state index in [4.69, 9.17) is 0 Å². The van der Waals surface area contributed by atoms with E-state index in [1.807, 2.05) is 13.0 Å². The summed E-state index contributed by atoms with van der Waals surface area (Å²) in [7, 11) is 0.